The maximum absolute atomic E-state index is 11.9. The predicted molar refractivity (Wildman–Crippen MR) is 86.6 cm³/mol. The van der Waals surface area contributed by atoms with Crippen LogP contribution < -0.4 is 10.6 Å². The van der Waals surface area contributed by atoms with Gasteiger partial charge in [0.25, 0.3) is 0 Å². The van der Waals surface area contributed by atoms with Crippen molar-refractivity contribution in [2.75, 3.05) is 6.54 Å². The van der Waals surface area contributed by atoms with Crippen molar-refractivity contribution in [1.29, 1.82) is 0 Å². The van der Waals surface area contributed by atoms with Crippen LogP contribution in [0.5, 0.6) is 0 Å². The van der Waals surface area contributed by atoms with Gasteiger partial charge < -0.3 is 15.4 Å². The molecular weight excluding hydrogens is 284 g/mol. The van der Waals surface area contributed by atoms with Crippen molar-refractivity contribution in [3.8, 4) is 0 Å². The van der Waals surface area contributed by atoms with Gasteiger partial charge in [0.2, 0.25) is 0 Å². The summed E-state index contributed by atoms with van der Waals surface area (Å²) in [4.78, 5) is 14.5. The van der Waals surface area contributed by atoms with Crippen LogP contribution >= 0.6 is 11.3 Å². The highest BCUT2D eigenvalue weighted by atomic mass is 32.1. The van der Waals surface area contributed by atoms with Crippen molar-refractivity contribution in [2.45, 2.75) is 58.7 Å². The van der Waals surface area contributed by atoms with E-state index >= 15 is 0 Å². The SMILES string of the molecule is Cc1ccc(CNCC(NC(=O)OC(C)(C)C)C2CC2)s1. The van der Waals surface area contributed by atoms with E-state index in [1.807, 2.05) is 32.1 Å². The van der Waals surface area contributed by atoms with Gasteiger partial charge in [-0.25, -0.2) is 4.79 Å². The number of amides is 1. The Hall–Kier alpha value is -1.07. The summed E-state index contributed by atoms with van der Waals surface area (Å²) in [7, 11) is 0. The number of alkyl carbamates (subject to hydrolysis) is 1. The Balaban J connectivity index is 1.76. The van der Waals surface area contributed by atoms with E-state index in [2.05, 4.69) is 29.7 Å². The Kier molecular flexibility index (Phi) is 5.27. The van der Waals surface area contributed by atoms with Crippen LogP contribution in [0, 0.1) is 12.8 Å². The zero-order chi connectivity index (χ0) is 15.5. The molecule has 1 saturated carbocycles. The normalized spacial score (nSPS) is 16.6. The molecule has 1 fully saturated rings. The molecule has 0 aromatic carbocycles. The smallest absolute Gasteiger partial charge is 0.407 e. The second-order valence-corrected chi connectivity index (χ2v) is 8.11. The van der Waals surface area contributed by atoms with E-state index in [1.54, 1.807) is 0 Å². The van der Waals surface area contributed by atoms with Crippen molar-refractivity contribution in [1.82, 2.24) is 10.6 Å². The van der Waals surface area contributed by atoms with Crippen molar-refractivity contribution in [3.63, 3.8) is 0 Å². The lowest BCUT2D eigenvalue weighted by atomic mass is 10.2. The molecule has 0 radical (unpaired) electrons. The maximum atomic E-state index is 11.9. The third-order valence-electron chi connectivity index (χ3n) is 3.35. The topological polar surface area (TPSA) is 50.4 Å². The van der Waals surface area contributed by atoms with Crippen LogP contribution in [-0.4, -0.2) is 24.3 Å². The fourth-order valence-electron chi connectivity index (χ4n) is 2.22. The molecular formula is C16H26N2O2S. The van der Waals surface area contributed by atoms with Crippen molar-refractivity contribution >= 4 is 17.4 Å². The van der Waals surface area contributed by atoms with Crippen LogP contribution in [-0.2, 0) is 11.3 Å². The molecule has 0 saturated heterocycles. The molecule has 0 bridgehead atoms. The minimum Gasteiger partial charge on any atom is -0.444 e. The van der Waals surface area contributed by atoms with Crippen LogP contribution in [0.2, 0.25) is 0 Å². The molecule has 5 heteroatoms. The van der Waals surface area contributed by atoms with Crippen LogP contribution in [0.4, 0.5) is 4.79 Å². The van der Waals surface area contributed by atoms with Crippen LogP contribution in [0.3, 0.4) is 0 Å². The second-order valence-electron chi connectivity index (χ2n) is 6.73. The number of rotatable bonds is 6. The molecule has 1 heterocycles. The molecule has 0 spiro atoms. The average Bonchev–Trinajstić information content (AvgIpc) is 3.10. The molecule has 1 atom stereocenters. The number of thiophene rings is 1. The van der Waals surface area contributed by atoms with Gasteiger partial charge in [-0.3, -0.25) is 0 Å². The van der Waals surface area contributed by atoms with Crippen molar-refractivity contribution in [3.05, 3.63) is 21.9 Å². The summed E-state index contributed by atoms with van der Waals surface area (Å²) in [5.41, 5.74) is -0.444. The first-order valence-corrected chi connectivity index (χ1v) is 8.41. The summed E-state index contributed by atoms with van der Waals surface area (Å²) < 4.78 is 5.34. The van der Waals surface area contributed by atoms with Crippen LogP contribution in [0.1, 0.15) is 43.4 Å². The van der Waals surface area contributed by atoms with E-state index in [0.717, 1.165) is 13.1 Å². The van der Waals surface area contributed by atoms with E-state index in [0.29, 0.717) is 5.92 Å². The number of carbonyl (C=O) groups excluding carboxylic acids is 1. The van der Waals surface area contributed by atoms with Gasteiger partial charge in [0.05, 0.1) is 0 Å². The molecule has 4 nitrogen and oxygen atoms in total. The first-order chi connectivity index (χ1) is 9.83. The van der Waals surface area contributed by atoms with E-state index in [4.69, 9.17) is 4.74 Å². The molecule has 2 rings (SSSR count). The fraction of sp³-hybridized carbons (Fsp3) is 0.688. The molecule has 1 aliphatic carbocycles. The van der Waals surface area contributed by atoms with Crippen molar-refractivity contribution in [2.24, 2.45) is 5.92 Å². The Morgan fingerprint density at radius 2 is 2.14 bits per heavy atom. The van der Waals surface area contributed by atoms with Gasteiger partial charge in [-0.2, -0.15) is 0 Å². The highest BCUT2D eigenvalue weighted by molar-refractivity contribution is 7.11. The van der Waals surface area contributed by atoms with Crippen molar-refractivity contribution < 1.29 is 9.53 Å². The number of carbonyl (C=O) groups is 1. The highest BCUT2D eigenvalue weighted by Crippen LogP contribution is 2.32. The monoisotopic (exact) mass is 310 g/mol. The van der Waals surface area contributed by atoms with Crippen LogP contribution in [0.15, 0.2) is 12.1 Å². The zero-order valence-corrected chi connectivity index (χ0v) is 14.2. The van der Waals surface area contributed by atoms with E-state index in [9.17, 15) is 4.79 Å². The largest absolute Gasteiger partial charge is 0.444 e. The van der Waals surface area contributed by atoms with E-state index < -0.39 is 5.60 Å². The summed E-state index contributed by atoms with van der Waals surface area (Å²) >= 11 is 1.81. The van der Waals surface area contributed by atoms with Gasteiger partial charge >= 0.3 is 6.09 Å². The maximum Gasteiger partial charge on any atom is 0.407 e. The van der Waals surface area contributed by atoms with E-state index in [-0.39, 0.29) is 12.1 Å². The quantitative estimate of drug-likeness (QED) is 0.846. The molecule has 1 aromatic heterocycles. The molecule has 2 N–H and O–H groups in total. The number of aryl methyl sites for hydroxylation is 1. The molecule has 118 valence electrons. The summed E-state index contributed by atoms with van der Waals surface area (Å²) in [6.07, 6.45) is 2.08. The lowest BCUT2D eigenvalue weighted by Gasteiger charge is -2.23. The average molecular weight is 310 g/mol. The number of hydrogen-bond acceptors (Lipinski definition) is 4. The first-order valence-electron chi connectivity index (χ1n) is 7.59. The zero-order valence-electron chi connectivity index (χ0n) is 13.4. The van der Waals surface area contributed by atoms with Gasteiger partial charge in [0.1, 0.15) is 5.60 Å². The lowest BCUT2D eigenvalue weighted by Crippen LogP contribution is -2.45. The number of ether oxygens (including phenoxy) is 1. The summed E-state index contributed by atoms with van der Waals surface area (Å²) in [5, 5.41) is 6.45. The van der Waals surface area contributed by atoms with Gasteiger partial charge in [-0.15, -0.1) is 11.3 Å². The number of nitrogens with one attached hydrogen (secondary N) is 2. The standard InChI is InChI=1S/C16H26N2O2S/c1-11-5-8-13(21-11)9-17-10-14(12-6-7-12)18-15(19)20-16(2,3)4/h5,8,12,14,17H,6-7,9-10H2,1-4H3,(H,18,19). The molecule has 0 aliphatic heterocycles. The molecule has 1 aromatic rings. The van der Waals surface area contributed by atoms with Gasteiger partial charge in [-0.05, 0) is 58.6 Å². The summed E-state index contributed by atoms with van der Waals surface area (Å²) in [6, 6.07) is 4.46. The second kappa shape index (κ2) is 6.79. The lowest BCUT2D eigenvalue weighted by molar-refractivity contribution is 0.0497. The predicted octanol–water partition coefficient (Wildman–Crippen LogP) is 3.45. The van der Waals surface area contributed by atoms with Gasteiger partial charge in [-0.1, -0.05) is 0 Å². The van der Waals surface area contributed by atoms with Gasteiger partial charge in [0.15, 0.2) is 0 Å². The van der Waals surface area contributed by atoms with Gasteiger partial charge in [0, 0.05) is 28.9 Å². The third-order valence-corrected chi connectivity index (χ3v) is 4.35. The Bertz CT molecular complexity index is 475. The Morgan fingerprint density at radius 3 is 2.67 bits per heavy atom. The third kappa shape index (κ3) is 6.06. The molecule has 1 unspecified atom stereocenters. The minimum atomic E-state index is -0.444. The Labute approximate surface area is 131 Å². The highest BCUT2D eigenvalue weighted by Gasteiger charge is 2.33. The fourth-order valence-corrected chi connectivity index (χ4v) is 3.08. The molecule has 1 amide bonds. The summed E-state index contributed by atoms with van der Waals surface area (Å²) in [6.45, 7) is 9.42. The van der Waals surface area contributed by atoms with E-state index in [1.165, 1.54) is 22.6 Å². The Morgan fingerprint density at radius 1 is 1.43 bits per heavy atom. The molecule has 21 heavy (non-hydrogen) atoms. The summed E-state index contributed by atoms with van der Waals surface area (Å²) in [5.74, 6) is 0.593. The number of hydrogen-bond donors (Lipinski definition) is 2. The van der Waals surface area contributed by atoms with Crippen LogP contribution in [0.25, 0.3) is 0 Å². The minimum absolute atomic E-state index is 0.168. The molecule has 1 aliphatic rings. The first kappa shape index (κ1) is 16.3.